The van der Waals surface area contributed by atoms with Gasteiger partial charge in [0.15, 0.2) is 5.75 Å². The maximum Gasteiger partial charge on any atom is 0.293 e. The summed E-state index contributed by atoms with van der Waals surface area (Å²) >= 11 is 0. The van der Waals surface area contributed by atoms with E-state index in [4.69, 9.17) is 4.74 Å². The maximum absolute atomic E-state index is 12.0. The van der Waals surface area contributed by atoms with Crippen molar-refractivity contribution in [2.75, 3.05) is 7.11 Å². The molecule has 0 atom stereocenters. The molecule has 0 N–H and O–H groups in total. The van der Waals surface area contributed by atoms with Gasteiger partial charge >= 0.3 is 0 Å². The quantitative estimate of drug-likeness (QED) is 0.808. The predicted molar refractivity (Wildman–Crippen MR) is 67.5 cm³/mol. The maximum atomic E-state index is 12.0. The summed E-state index contributed by atoms with van der Waals surface area (Å²) in [5.74, 6) is 0.376. The Hall–Kier alpha value is -2.03. The monoisotopic (exact) mass is 229 g/mol. The summed E-state index contributed by atoms with van der Waals surface area (Å²) in [6.45, 7) is 2.61. The molecular weight excluding hydrogens is 214 g/mol. The number of hydrogen-bond acceptors (Lipinski definition) is 2. The molecule has 0 amide bonds. The zero-order valence-corrected chi connectivity index (χ0v) is 10.0. The van der Waals surface area contributed by atoms with E-state index in [0.29, 0.717) is 12.3 Å². The third-order valence-electron chi connectivity index (χ3n) is 2.81. The number of methoxy groups -OCH3 is 1. The lowest BCUT2D eigenvalue weighted by Gasteiger charge is -2.09. The van der Waals surface area contributed by atoms with E-state index in [9.17, 15) is 4.79 Å². The van der Waals surface area contributed by atoms with Crippen LogP contribution in [0.5, 0.6) is 5.75 Å². The molecule has 0 bridgehead atoms. The third kappa shape index (κ3) is 2.38. The molecule has 1 aromatic carbocycles. The summed E-state index contributed by atoms with van der Waals surface area (Å²) in [7, 11) is 1.51. The average Bonchev–Trinajstić information content (AvgIpc) is 2.34. The molecular formula is C14H15NO2. The second-order valence-corrected chi connectivity index (χ2v) is 3.94. The van der Waals surface area contributed by atoms with Crippen LogP contribution in [0.15, 0.2) is 47.4 Å². The first kappa shape index (κ1) is 11.5. The van der Waals surface area contributed by atoms with Crippen molar-refractivity contribution in [3.8, 4) is 5.75 Å². The molecule has 17 heavy (non-hydrogen) atoms. The fourth-order valence-corrected chi connectivity index (χ4v) is 1.77. The van der Waals surface area contributed by atoms with Gasteiger partial charge in [-0.25, -0.2) is 0 Å². The summed E-state index contributed by atoms with van der Waals surface area (Å²) in [6.07, 6.45) is 1.78. The fraction of sp³-hybridized carbons (Fsp3) is 0.214. The Bertz CT molecular complexity index is 572. The van der Waals surface area contributed by atoms with Crippen LogP contribution in [0.3, 0.4) is 0 Å². The molecule has 3 heteroatoms. The van der Waals surface area contributed by atoms with Crippen LogP contribution in [-0.4, -0.2) is 11.7 Å². The second kappa shape index (κ2) is 4.87. The van der Waals surface area contributed by atoms with E-state index in [2.05, 4.69) is 0 Å². The van der Waals surface area contributed by atoms with Gasteiger partial charge in [-0.1, -0.05) is 24.3 Å². The summed E-state index contributed by atoms with van der Waals surface area (Å²) in [6, 6.07) is 11.5. The molecule has 0 saturated carbocycles. The normalized spacial score (nSPS) is 10.2. The van der Waals surface area contributed by atoms with Gasteiger partial charge in [0.05, 0.1) is 13.7 Å². The predicted octanol–water partition coefficient (Wildman–Crippen LogP) is 2.21. The van der Waals surface area contributed by atoms with Crippen LogP contribution in [-0.2, 0) is 6.54 Å². The first-order chi connectivity index (χ1) is 8.22. The van der Waals surface area contributed by atoms with Gasteiger partial charge in [-0.2, -0.15) is 0 Å². The number of benzene rings is 1. The van der Waals surface area contributed by atoms with Crippen molar-refractivity contribution < 1.29 is 4.74 Å². The highest BCUT2D eigenvalue weighted by molar-refractivity contribution is 5.26. The van der Waals surface area contributed by atoms with Crippen molar-refractivity contribution in [2.24, 2.45) is 0 Å². The lowest BCUT2D eigenvalue weighted by Crippen LogP contribution is -2.21. The van der Waals surface area contributed by atoms with Gasteiger partial charge < -0.3 is 9.30 Å². The minimum atomic E-state index is -0.0988. The fourth-order valence-electron chi connectivity index (χ4n) is 1.77. The zero-order chi connectivity index (χ0) is 12.3. The molecule has 0 aliphatic carbocycles. The Morgan fingerprint density at radius 1 is 1.18 bits per heavy atom. The number of aromatic nitrogens is 1. The molecule has 0 unspecified atom stereocenters. The van der Waals surface area contributed by atoms with Crippen LogP contribution < -0.4 is 10.3 Å². The van der Waals surface area contributed by atoms with E-state index in [1.165, 1.54) is 12.7 Å². The summed E-state index contributed by atoms with van der Waals surface area (Å²) in [5, 5.41) is 0. The molecule has 1 heterocycles. The smallest absolute Gasteiger partial charge is 0.293 e. The molecule has 0 aliphatic rings. The minimum Gasteiger partial charge on any atom is -0.491 e. The highest BCUT2D eigenvalue weighted by atomic mass is 16.5. The molecule has 0 spiro atoms. The third-order valence-corrected chi connectivity index (χ3v) is 2.81. The van der Waals surface area contributed by atoms with Crippen molar-refractivity contribution in [3.63, 3.8) is 0 Å². The number of nitrogens with zero attached hydrogens (tertiary/aromatic N) is 1. The van der Waals surface area contributed by atoms with Crippen molar-refractivity contribution in [1.29, 1.82) is 0 Å². The van der Waals surface area contributed by atoms with Gasteiger partial charge in [-0.05, 0) is 30.2 Å². The molecule has 3 nitrogen and oxygen atoms in total. The molecule has 2 rings (SSSR count). The van der Waals surface area contributed by atoms with Gasteiger partial charge in [-0.3, -0.25) is 4.79 Å². The zero-order valence-electron chi connectivity index (χ0n) is 10.0. The van der Waals surface area contributed by atoms with Gasteiger partial charge in [-0.15, -0.1) is 0 Å². The topological polar surface area (TPSA) is 31.2 Å². The van der Waals surface area contributed by atoms with Crippen LogP contribution in [0.4, 0.5) is 0 Å². The van der Waals surface area contributed by atoms with Crippen LogP contribution in [0.2, 0.25) is 0 Å². The lowest BCUT2D eigenvalue weighted by molar-refractivity contribution is 0.403. The van der Waals surface area contributed by atoms with E-state index in [-0.39, 0.29) is 5.56 Å². The number of aryl methyl sites for hydroxylation is 1. The van der Waals surface area contributed by atoms with Gasteiger partial charge in [0.2, 0.25) is 0 Å². The van der Waals surface area contributed by atoms with Crippen molar-refractivity contribution in [1.82, 2.24) is 4.57 Å². The largest absolute Gasteiger partial charge is 0.491 e. The van der Waals surface area contributed by atoms with Gasteiger partial charge in [0, 0.05) is 6.20 Å². The molecule has 1 aromatic heterocycles. The van der Waals surface area contributed by atoms with E-state index in [0.717, 1.165) is 5.56 Å². The molecule has 0 radical (unpaired) electrons. The van der Waals surface area contributed by atoms with Crippen molar-refractivity contribution in [2.45, 2.75) is 13.5 Å². The summed E-state index contributed by atoms with van der Waals surface area (Å²) < 4.78 is 6.67. The molecule has 0 fully saturated rings. The first-order valence-electron chi connectivity index (χ1n) is 5.50. The average molecular weight is 229 g/mol. The SMILES string of the molecule is COc1cccn(Cc2ccccc2C)c1=O. The van der Waals surface area contributed by atoms with Crippen LogP contribution in [0.25, 0.3) is 0 Å². The van der Waals surface area contributed by atoms with Gasteiger partial charge in [0.1, 0.15) is 0 Å². The number of rotatable bonds is 3. The first-order valence-corrected chi connectivity index (χ1v) is 5.50. The van der Waals surface area contributed by atoms with Gasteiger partial charge in [0.25, 0.3) is 5.56 Å². The van der Waals surface area contributed by atoms with Crippen LogP contribution >= 0.6 is 0 Å². The van der Waals surface area contributed by atoms with Crippen molar-refractivity contribution in [3.05, 3.63) is 64.1 Å². The number of pyridine rings is 1. The highest BCUT2D eigenvalue weighted by Crippen LogP contribution is 2.09. The second-order valence-electron chi connectivity index (χ2n) is 3.94. The lowest BCUT2D eigenvalue weighted by atomic mass is 10.1. The van der Waals surface area contributed by atoms with E-state index >= 15 is 0 Å². The Kier molecular flexibility index (Phi) is 3.28. The van der Waals surface area contributed by atoms with E-state index < -0.39 is 0 Å². The van der Waals surface area contributed by atoms with Crippen LogP contribution in [0.1, 0.15) is 11.1 Å². The van der Waals surface area contributed by atoms with Crippen molar-refractivity contribution >= 4 is 0 Å². The molecule has 0 saturated heterocycles. The number of hydrogen-bond donors (Lipinski definition) is 0. The Morgan fingerprint density at radius 3 is 2.65 bits per heavy atom. The molecule has 88 valence electrons. The molecule has 0 aliphatic heterocycles. The minimum absolute atomic E-state index is 0.0988. The Labute approximate surface area is 100 Å². The Morgan fingerprint density at radius 2 is 1.94 bits per heavy atom. The summed E-state index contributed by atoms with van der Waals surface area (Å²) in [4.78, 5) is 12.0. The standard InChI is InChI=1S/C14H15NO2/c1-11-6-3-4-7-12(11)10-15-9-5-8-13(17-2)14(15)16/h3-9H,10H2,1-2H3. The van der Waals surface area contributed by atoms with E-state index in [1.54, 1.807) is 16.8 Å². The Balaban J connectivity index is 2.37. The highest BCUT2D eigenvalue weighted by Gasteiger charge is 2.04. The van der Waals surface area contributed by atoms with E-state index in [1.807, 2.05) is 37.3 Å². The molecule has 2 aromatic rings. The summed E-state index contributed by atoms with van der Waals surface area (Å²) in [5.41, 5.74) is 2.23. The number of ether oxygens (including phenoxy) is 1. The van der Waals surface area contributed by atoms with Crippen LogP contribution in [0, 0.1) is 6.92 Å².